The van der Waals surface area contributed by atoms with Crippen LogP contribution in [0.25, 0.3) is 0 Å². The molecule has 4 amide bonds. The summed E-state index contributed by atoms with van der Waals surface area (Å²) in [4.78, 5) is 69.8. The zero-order chi connectivity index (χ0) is 36.9. The summed E-state index contributed by atoms with van der Waals surface area (Å²) >= 11 is 0. The van der Waals surface area contributed by atoms with Gasteiger partial charge in [0.15, 0.2) is 0 Å². The molecule has 50 heavy (non-hydrogen) atoms. The van der Waals surface area contributed by atoms with E-state index in [9.17, 15) is 32.4 Å². The molecule has 3 aliphatic rings. The van der Waals surface area contributed by atoms with E-state index in [0.717, 1.165) is 32.1 Å². The van der Waals surface area contributed by atoms with Crippen LogP contribution in [-0.2, 0) is 34.0 Å². The first kappa shape index (κ1) is 39.2. The number of hydrogen-bond donors (Lipinski definition) is 4. The maximum Gasteiger partial charge on any atom is 0.289 e. The summed E-state index contributed by atoms with van der Waals surface area (Å²) in [6.07, 6.45) is 8.08. The van der Waals surface area contributed by atoms with Gasteiger partial charge in [-0.25, -0.2) is 8.42 Å². The summed E-state index contributed by atoms with van der Waals surface area (Å²) in [5, 5.41) is 8.21. The summed E-state index contributed by atoms with van der Waals surface area (Å²) in [5.41, 5.74) is -1.51. The van der Waals surface area contributed by atoms with Crippen molar-refractivity contribution in [2.75, 3.05) is 13.1 Å². The van der Waals surface area contributed by atoms with Crippen LogP contribution in [-0.4, -0.2) is 80.0 Å². The maximum absolute atomic E-state index is 14.5. The topological polar surface area (TPSA) is 171 Å². The van der Waals surface area contributed by atoms with E-state index in [4.69, 9.17) is 0 Å². The number of carbonyl (C=O) groups excluding carboxylic acids is 5. The first-order valence-electron chi connectivity index (χ1n) is 17.9. The number of rotatable bonds is 15. The van der Waals surface area contributed by atoms with Crippen LogP contribution < -0.4 is 20.7 Å². The molecular weight excluding hydrogens is 659 g/mol. The third-order valence-electron chi connectivity index (χ3n) is 10.5. The van der Waals surface area contributed by atoms with Crippen LogP contribution >= 0.6 is 0 Å². The molecule has 0 bridgehead atoms. The quantitative estimate of drug-likeness (QED) is 0.160. The van der Waals surface area contributed by atoms with E-state index in [-0.39, 0.29) is 29.8 Å². The van der Waals surface area contributed by atoms with E-state index in [1.165, 1.54) is 23.1 Å². The van der Waals surface area contributed by atoms with E-state index in [0.29, 0.717) is 25.7 Å². The predicted molar refractivity (Wildman–Crippen MR) is 190 cm³/mol. The van der Waals surface area contributed by atoms with Crippen molar-refractivity contribution in [3.63, 3.8) is 0 Å². The standard InChI is InChI=1S/C37H55N5O7S/c1-7-21-38-33(45)29(43)27(23-25-16-17-25)39-32(44)28-24(2)18-22-42(28)35(47)31(36(3,4)5)40-34(46)30(37(6)19-12-9-13-20-37)41-50(48,49)26-14-10-8-11-15-26/h7-8,10-11,14-15,24-25,27-28,30-31,41H,1,9,12-13,16-23H2,2-6H3,(H,38,45)(H,39,44)(H,40,46)/t24-,27?,28-,30+,31+/m0/s1. The maximum atomic E-state index is 14.5. The first-order valence-corrected chi connectivity index (χ1v) is 19.4. The van der Waals surface area contributed by atoms with Crippen molar-refractivity contribution in [3.8, 4) is 0 Å². The number of carbonyl (C=O) groups is 5. The Morgan fingerprint density at radius 2 is 1.64 bits per heavy atom. The van der Waals surface area contributed by atoms with Gasteiger partial charge in [-0.1, -0.05) is 91.0 Å². The molecule has 0 spiro atoms. The molecule has 12 nitrogen and oxygen atoms in total. The molecule has 4 N–H and O–H groups in total. The number of nitrogens with zero attached hydrogens (tertiary/aromatic N) is 1. The Morgan fingerprint density at radius 1 is 1.00 bits per heavy atom. The van der Waals surface area contributed by atoms with Gasteiger partial charge in [-0.2, -0.15) is 4.72 Å². The predicted octanol–water partition coefficient (Wildman–Crippen LogP) is 3.23. The van der Waals surface area contributed by atoms with Crippen LogP contribution in [0.2, 0.25) is 0 Å². The number of Topliss-reactive ketones (excluding diaryl/α,β-unsaturated/α-hetero) is 1. The van der Waals surface area contributed by atoms with Gasteiger partial charge >= 0.3 is 0 Å². The molecule has 4 rings (SSSR count). The number of ketones is 1. The van der Waals surface area contributed by atoms with Crippen molar-refractivity contribution in [1.82, 2.24) is 25.6 Å². The Balaban J connectivity index is 1.58. The molecular formula is C37H55N5O7S. The van der Waals surface area contributed by atoms with Crippen molar-refractivity contribution in [1.29, 1.82) is 0 Å². The minimum Gasteiger partial charge on any atom is -0.346 e. The molecule has 1 saturated heterocycles. The second kappa shape index (κ2) is 16.2. The second-order valence-corrected chi connectivity index (χ2v) is 17.4. The van der Waals surface area contributed by atoms with E-state index < -0.39 is 74.4 Å². The fraction of sp³-hybridized carbons (Fsp3) is 0.649. The Hall–Kier alpha value is -3.58. The minimum absolute atomic E-state index is 0.0391. The lowest BCUT2D eigenvalue weighted by molar-refractivity contribution is -0.146. The fourth-order valence-electron chi connectivity index (χ4n) is 7.20. The van der Waals surface area contributed by atoms with Crippen molar-refractivity contribution < 1.29 is 32.4 Å². The highest BCUT2D eigenvalue weighted by Crippen LogP contribution is 2.40. The van der Waals surface area contributed by atoms with E-state index in [1.54, 1.807) is 18.2 Å². The SMILES string of the molecule is C=CCNC(=O)C(=O)C(CC1CC1)NC(=O)[C@@H]1[C@@H](C)CCN1C(=O)[C@@H](NC(=O)[C@@H](NS(=O)(=O)c1ccccc1)C1(C)CCCCC1)C(C)(C)C. The average molecular weight is 714 g/mol. The van der Waals surface area contributed by atoms with Crippen LogP contribution in [0.15, 0.2) is 47.9 Å². The van der Waals surface area contributed by atoms with E-state index >= 15 is 0 Å². The summed E-state index contributed by atoms with van der Waals surface area (Å²) in [5.74, 6) is -3.17. The largest absolute Gasteiger partial charge is 0.346 e. The van der Waals surface area contributed by atoms with Crippen molar-refractivity contribution in [2.45, 2.75) is 121 Å². The zero-order valence-corrected chi connectivity index (χ0v) is 30.9. The van der Waals surface area contributed by atoms with Gasteiger partial charge in [0.1, 0.15) is 18.1 Å². The molecule has 0 aromatic heterocycles. The highest BCUT2D eigenvalue weighted by atomic mass is 32.2. The summed E-state index contributed by atoms with van der Waals surface area (Å²) < 4.78 is 29.8. The lowest BCUT2D eigenvalue weighted by atomic mass is 9.70. The van der Waals surface area contributed by atoms with Crippen molar-refractivity contribution in [3.05, 3.63) is 43.0 Å². The van der Waals surface area contributed by atoms with Gasteiger partial charge in [-0.3, -0.25) is 24.0 Å². The van der Waals surface area contributed by atoms with E-state index in [2.05, 4.69) is 27.3 Å². The fourth-order valence-corrected chi connectivity index (χ4v) is 8.56. The van der Waals surface area contributed by atoms with Gasteiger partial charge in [0, 0.05) is 13.1 Å². The second-order valence-electron chi connectivity index (χ2n) is 15.7. The van der Waals surface area contributed by atoms with Gasteiger partial charge in [0.05, 0.1) is 10.9 Å². The number of likely N-dealkylation sites (tertiary alicyclic amines) is 1. The normalized spacial score (nSPS) is 22.5. The molecule has 276 valence electrons. The molecule has 0 radical (unpaired) electrons. The smallest absolute Gasteiger partial charge is 0.289 e. The highest BCUT2D eigenvalue weighted by molar-refractivity contribution is 7.89. The van der Waals surface area contributed by atoms with Crippen LogP contribution in [0.5, 0.6) is 0 Å². The molecule has 3 fully saturated rings. The van der Waals surface area contributed by atoms with Gasteiger partial charge in [0.25, 0.3) is 5.91 Å². The van der Waals surface area contributed by atoms with Crippen molar-refractivity contribution in [2.24, 2.45) is 22.7 Å². The zero-order valence-electron chi connectivity index (χ0n) is 30.1. The Morgan fingerprint density at radius 3 is 2.22 bits per heavy atom. The van der Waals surface area contributed by atoms with Gasteiger partial charge in [-0.15, -0.1) is 6.58 Å². The summed E-state index contributed by atoms with van der Waals surface area (Å²) in [7, 11) is -4.08. The molecule has 1 aliphatic heterocycles. The number of sulfonamides is 1. The summed E-state index contributed by atoms with van der Waals surface area (Å²) in [6.45, 7) is 13.1. The molecule has 1 heterocycles. The van der Waals surface area contributed by atoms with E-state index in [1.807, 2.05) is 34.6 Å². The van der Waals surface area contributed by atoms with Crippen LogP contribution in [0.3, 0.4) is 0 Å². The molecule has 2 saturated carbocycles. The third kappa shape index (κ3) is 9.60. The van der Waals surface area contributed by atoms with Crippen molar-refractivity contribution >= 4 is 39.4 Å². The molecule has 5 atom stereocenters. The monoisotopic (exact) mass is 713 g/mol. The minimum atomic E-state index is -4.08. The lowest BCUT2D eigenvalue weighted by Gasteiger charge is -2.42. The molecule has 1 aromatic rings. The van der Waals surface area contributed by atoms with Gasteiger partial charge < -0.3 is 20.9 Å². The average Bonchev–Trinajstić information content (AvgIpc) is 3.81. The molecule has 13 heteroatoms. The van der Waals surface area contributed by atoms with Gasteiger partial charge in [0.2, 0.25) is 33.5 Å². The third-order valence-corrected chi connectivity index (χ3v) is 11.9. The lowest BCUT2D eigenvalue weighted by Crippen LogP contribution is -2.63. The van der Waals surface area contributed by atoms with Gasteiger partial charge in [-0.05, 0) is 60.5 Å². The molecule has 1 aromatic carbocycles. The Bertz CT molecular complexity index is 1530. The van der Waals surface area contributed by atoms with Crippen LogP contribution in [0.4, 0.5) is 0 Å². The molecule has 2 aliphatic carbocycles. The molecule has 1 unspecified atom stereocenters. The number of amides is 4. The number of nitrogens with one attached hydrogen (secondary N) is 4. The first-order chi connectivity index (χ1) is 23.5. The highest BCUT2D eigenvalue weighted by Gasteiger charge is 2.48. The Labute approximate surface area is 297 Å². The number of hydrogen-bond acceptors (Lipinski definition) is 7. The number of benzene rings is 1. The van der Waals surface area contributed by atoms with Crippen LogP contribution in [0, 0.1) is 22.7 Å². The summed E-state index contributed by atoms with van der Waals surface area (Å²) in [6, 6.07) is 3.68. The Kier molecular flexibility index (Phi) is 12.7. The van der Waals surface area contributed by atoms with Crippen LogP contribution in [0.1, 0.15) is 92.4 Å².